The van der Waals surface area contributed by atoms with Gasteiger partial charge in [0.15, 0.2) is 0 Å². The average molecular weight is 414 g/mol. The predicted octanol–water partition coefficient (Wildman–Crippen LogP) is 3.32. The Morgan fingerprint density at radius 2 is 2.11 bits per heavy atom. The van der Waals surface area contributed by atoms with Crippen molar-refractivity contribution in [3.05, 3.63) is 44.4 Å². The smallest absolute Gasteiger partial charge is 0.390 e. The van der Waals surface area contributed by atoms with Gasteiger partial charge in [-0.15, -0.1) is 6.07 Å². The van der Waals surface area contributed by atoms with Crippen molar-refractivity contribution in [2.75, 3.05) is 0 Å². The Morgan fingerprint density at radius 1 is 1.44 bits per heavy atom. The molecule has 0 aromatic carbocycles. The van der Waals surface area contributed by atoms with Crippen molar-refractivity contribution in [1.29, 1.82) is 5.26 Å². The zero-order valence-electron chi connectivity index (χ0n) is 11.1. The van der Waals surface area contributed by atoms with Crippen molar-refractivity contribution in [1.82, 2.24) is 15.0 Å². The molecule has 2 aromatic rings. The van der Waals surface area contributed by atoms with Gasteiger partial charge in [0.05, 0.1) is 0 Å². The third kappa shape index (κ3) is 8.66. The van der Waals surface area contributed by atoms with Gasteiger partial charge in [-0.2, -0.15) is 0 Å². The van der Waals surface area contributed by atoms with Crippen LogP contribution in [0.2, 0.25) is 0 Å². The molecular weight excluding hydrogens is 396 g/mol. The van der Waals surface area contributed by atoms with Crippen LogP contribution in [0.4, 0.5) is 0 Å². The maximum atomic E-state index is 7.67. The van der Waals surface area contributed by atoms with Gasteiger partial charge in [0.25, 0.3) is 0 Å². The molecule has 0 fully saturated rings. The fourth-order valence-electron chi connectivity index (χ4n) is 0.858. The zero-order valence-corrected chi connectivity index (χ0v) is 14.1. The van der Waals surface area contributed by atoms with Crippen LogP contribution in [0, 0.1) is 24.8 Å². The largest absolute Gasteiger partial charge is 2.00 e. The first-order valence-electron chi connectivity index (χ1n) is 5.04. The Kier molecular flexibility index (Phi) is 18.8. The maximum absolute atomic E-state index is 7.67. The van der Waals surface area contributed by atoms with Gasteiger partial charge in [-0.3, -0.25) is 6.08 Å². The van der Waals surface area contributed by atoms with Crippen LogP contribution in [-0.2, 0) is 21.1 Å². The number of allylic oxidation sites excluding steroid dienone is 2. The molecule has 1 N–H and O–H groups in total. The molecule has 0 aliphatic rings. The summed E-state index contributed by atoms with van der Waals surface area (Å²) in [6, 6.07) is 3.65. The second kappa shape index (κ2) is 15.5. The average Bonchev–Trinajstić information content (AvgIpc) is 2.81. The number of aromatic nitrogens is 3. The first-order chi connectivity index (χ1) is 7.88. The van der Waals surface area contributed by atoms with E-state index in [1.165, 1.54) is 6.33 Å². The van der Waals surface area contributed by atoms with E-state index in [9.17, 15) is 0 Å². The molecule has 0 aliphatic heterocycles. The number of H-pyrrole nitrogens is 1. The second-order valence-corrected chi connectivity index (χ2v) is 2.35. The number of nitrogens with one attached hydrogen (secondary N) is 1. The number of hydrogen-bond acceptors (Lipinski definition) is 3. The number of aromatic amines is 1. The van der Waals surface area contributed by atoms with Crippen LogP contribution in [0.15, 0.2) is 30.9 Å². The van der Waals surface area contributed by atoms with Crippen LogP contribution in [-0.4, -0.2) is 15.0 Å². The Labute approximate surface area is 123 Å². The van der Waals surface area contributed by atoms with E-state index in [-0.39, 0.29) is 28.5 Å². The topological polar surface area (TPSA) is 65.4 Å². The van der Waals surface area contributed by atoms with Crippen molar-refractivity contribution in [2.45, 2.75) is 20.8 Å². The Hall–Kier alpha value is -1.46. The molecule has 96 valence electrons. The van der Waals surface area contributed by atoms with Crippen molar-refractivity contribution < 1.29 is 21.1 Å². The first kappa shape index (κ1) is 21.8. The van der Waals surface area contributed by atoms with Crippen molar-refractivity contribution in [3.8, 4) is 6.07 Å². The quantitative estimate of drug-likeness (QED) is 0.532. The summed E-state index contributed by atoms with van der Waals surface area (Å²) < 4.78 is 0. The fraction of sp³-hybridized carbons (Fsp3) is 0.231. The number of rotatable bonds is 0. The number of nitriles is 1. The molecule has 0 atom stereocenters. The molecule has 0 unspecified atom stereocenters. The molecule has 2 aromatic heterocycles. The van der Waals surface area contributed by atoms with E-state index >= 15 is 0 Å². The van der Waals surface area contributed by atoms with Gasteiger partial charge in [0.1, 0.15) is 12.0 Å². The number of nitrogens with zero attached hydrogens (tertiary/aromatic N) is 3. The normalized spacial score (nSPS) is 7.67. The third-order valence-electron chi connectivity index (χ3n) is 1.43. The summed E-state index contributed by atoms with van der Waals surface area (Å²) in [6.07, 6.45) is 9.01. The SMILES string of the molecule is CC.CC=[C-]C#N.[CH3-].[W+2].c1ncc2cc[nH]c2n1. The molecule has 0 radical (unpaired) electrons. The molecule has 5 heteroatoms. The molecule has 0 bridgehead atoms. The summed E-state index contributed by atoms with van der Waals surface area (Å²) in [5.74, 6) is 0. The summed E-state index contributed by atoms with van der Waals surface area (Å²) in [5.41, 5.74) is 0.894. The van der Waals surface area contributed by atoms with E-state index in [1.807, 2.05) is 26.1 Å². The summed E-state index contributed by atoms with van der Waals surface area (Å²) in [4.78, 5) is 10.8. The van der Waals surface area contributed by atoms with Crippen LogP contribution in [0.25, 0.3) is 11.0 Å². The number of fused-ring (bicyclic) bond motifs is 1. The van der Waals surface area contributed by atoms with Crippen LogP contribution >= 0.6 is 0 Å². The van der Waals surface area contributed by atoms with Crippen molar-refractivity contribution in [2.24, 2.45) is 0 Å². The van der Waals surface area contributed by atoms with Crippen molar-refractivity contribution >= 4 is 11.0 Å². The van der Waals surface area contributed by atoms with Crippen LogP contribution in [0.1, 0.15) is 20.8 Å². The monoisotopic (exact) mass is 414 g/mol. The van der Waals surface area contributed by atoms with Gasteiger partial charge < -0.3 is 18.5 Å². The van der Waals surface area contributed by atoms with Gasteiger partial charge in [-0.05, 0) is 6.07 Å². The summed E-state index contributed by atoms with van der Waals surface area (Å²) >= 11 is 0. The third-order valence-corrected chi connectivity index (χ3v) is 1.43. The van der Waals surface area contributed by atoms with E-state index in [0.717, 1.165) is 11.0 Å². The van der Waals surface area contributed by atoms with Crippen LogP contribution in [0.5, 0.6) is 0 Å². The van der Waals surface area contributed by atoms with E-state index in [1.54, 1.807) is 25.3 Å². The van der Waals surface area contributed by atoms with E-state index in [0.29, 0.717) is 0 Å². The molecule has 2 rings (SSSR count). The summed E-state index contributed by atoms with van der Waals surface area (Å²) in [6.45, 7) is 5.75. The minimum absolute atomic E-state index is 0. The van der Waals surface area contributed by atoms with E-state index < -0.39 is 0 Å². The zero-order chi connectivity index (χ0) is 12.2. The van der Waals surface area contributed by atoms with Crippen LogP contribution in [0.3, 0.4) is 0 Å². The Bertz CT molecular complexity index is 427. The molecule has 0 saturated carbocycles. The molecule has 0 spiro atoms. The minimum Gasteiger partial charge on any atom is -0.390 e. The molecule has 4 nitrogen and oxygen atoms in total. The molecule has 0 saturated heterocycles. The predicted molar refractivity (Wildman–Crippen MR) is 70.8 cm³/mol. The fourth-order valence-corrected chi connectivity index (χ4v) is 0.858. The summed E-state index contributed by atoms with van der Waals surface area (Å²) in [7, 11) is 0. The van der Waals surface area contributed by atoms with E-state index in [2.05, 4.69) is 21.0 Å². The van der Waals surface area contributed by atoms with Crippen molar-refractivity contribution in [3.63, 3.8) is 0 Å². The first-order valence-corrected chi connectivity index (χ1v) is 5.04. The Morgan fingerprint density at radius 3 is 2.56 bits per heavy atom. The molecule has 2 heterocycles. The Balaban J connectivity index is -0.000000222. The van der Waals surface area contributed by atoms with Gasteiger partial charge in [0.2, 0.25) is 0 Å². The number of hydrogen-bond donors (Lipinski definition) is 1. The van der Waals surface area contributed by atoms with Gasteiger partial charge in [0, 0.05) is 17.8 Å². The molecular formula is C13H18N4W. The summed E-state index contributed by atoms with van der Waals surface area (Å²) in [5, 5.41) is 8.73. The van der Waals surface area contributed by atoms with Gasteiger partial charge in [-0.1, -0.05) is 20.8 Å². The van der Waals surface area contributed by atoms with E-state index in [4.69, 9.17) is 5.26 Å². The van der Waals surface area contributed by atoms with Crippen LogP contribution < -0.4 is 0 Å². The van der Waals surface area contributed by atoms with Gasteiger partial charge >= 0.3 is 21.1 Å². The molecule has 18 heavy (non-hydrogen) atoms. The standard InChI is InChI=1S/C6H5N3.C4H4N.C2H6.CH3.W/c1-2-8-6-5(1)3-7-4-9-6;1-2-3-4-5;1-2;;/h1-4H,(H,7,8,9);2H,1H3;1-2H3;1H3;/q;-1;;-1;+2. The van der Waals surface area contributed by atoms with Gasteiger partial charge in [-0.25, -0.2) is 15.2 Å². The molecule has 0 aliphatic carbocycles. The minimum atomic E-state index is 0. The maximum Gasteiger partial charge on any atom is 2.00 e. The molecule has 0 amide bonds. The second-order valence-electron chi connectivity index (χ2n) is 2.35.